The third-order valence-electron chi connectivity index (χ3n) is 3.49. The molecule has 0 unspecified atom stereocenters. The maximum Gasteiger partial charge on any atom is 0.222 e. The number of likely N-dealkylation sites (tertiary alicyclic amines) is 1. The van der Waals surface area contributed by atoms with Gasteiger partial charge < -0.3 is 4.90 Å². The Labute approximate surface area is 116 Å². The first-order valence-electron chi connectivity index (χ1n) is 6.84. The van der Waals surface area contributed by atoms with E-state index in [1.807, 2.05) is 0 Å². The molecule has 1 aromatic rings. The molecule has 0 bridgehead atoms. The molecule has 1 amide bonds. The third-order valence-corrected chi connectivity index (χ3v) is 3.49. The molecule has 1 fully saturated rings. The second-order valence-electron chi connectivity index (χ2n) is 5.03. The molecule has 0 atom stereocenters. The Bertz CT molecular complexity index is 517. The van der Waals surface area contributed by atoms with Crippen LogP contribution in [0, 0.1) is 11.6 Å². The van der Waals surface area contributed by atoms with E-state index in [9.17, 15) is 18.4 Å². The van der Waals surface area contributed by atoms with Crippen LogP contribution in [0.3, 0.4) is 0 Å². The molecule has 0 radical (unpaired) electrons. The Kier molecular flexibility index (Phi) is 4.82. The van der Waals surface area contributed by atoms with Gasteiger partial charge in [0, 0.05) is 19.0 Å². The number of halogens is 2. The van der Waals surface area contributed by atoms with Crippen molar-refractivity contribution in [3.8, 4) is 0 Å². The molecule has 0 N–H and O–H groups in total. The largest absolute Gasteiger partial charge is 0.335 e. The molecule has 1 aliphatic heterocycles. The summed E-state index contributed by atoms with van der Waals surface area (Å²) in [5.41, 5.74) is -0.166. The van der Waals surface area contributed by atoms with Crippen LogP contribution in [0.25, 0.3) is 0 Å². The molecule has 108 valence electrons. The van der Waals surface area contributed by atoms with Gasteiger partial charge >= 0.3 is 0 Å². The van der Waals surface area contributed by atoms with Gasteiger partial charge in [-0.05, 0) is 25.0 Å². The van der Waals surface area contributed by atoms with E-state index in [0.717, 1.165) is 37.8 Å². The molecule has 1 saturated heterocycles. The monoisotopic (exact) mass is 281 g/mol. The quantitative estimate of drug-likeness (QED) is 0.799. The molecule has 1 aromatic carbocycles. The van der Waals surface area contributed by atoms with Crippen molar-refractivity contribution in [2.45, 2.75) is 32.1 Å². The number of hydrogen-bond donors (Lipinski definition) is 0. The summed E-state index contributed by atoms with van der Waals surface area (Å²) < 4.78 is 26.3. The number of Topliss-reactive ketones (excluding diaryl/α,β-unsaturated/α-hetero) is 1. The summed E-state index contributed by atoms with van der Waals surface area (Å²) in [6.07, 6.45) is 4.17. The maximum atomic E-state index is 13.5. The first kappa shape index (κ1) is 14.6. The van der Waals surface area contributed by atoms with E-state index < -0.39 is 17.4 Å². The molecule has 0 saturated carbocycles. The normalized spacial score (nSPS) is 16.7. The zero-order valence-corrected chi connectivity index (χ0v) is 11.2. The van der Waals surface area contributed by atoms with Gasteiger partial charge in [0.1, 0.15) is 11.6 Å². The summed E-state index contributed by atoms with van der Waals surface area (Å²) in [5, 5.41) is 0. The summed E-state index contributed by atoms with van der Waals surface area (Å²) in [4.78, 5) is 25.4. The summed E-state index contributed by atoms with van der Waals surface area (Å²) in [6.45, 7) is 0.384. The predicted octanol–water partition coefficient (Wildman–Crippen LogP) is 2.94. The van der Waals surface area contributed by atoms with Crippen LogP contribution in [-0.2, 0) is 4.79 Å². The number of carbonyl (C=O) groups excluding carboxylic acids is 2. The van der Waals surface area contributed by atoms with Crippen molar-refractivity contribution >= 4 is 11.7 Å². The number of amides is 1. The van der Waals surface area contributed by atoms with E-state index in [2.05, 4.69) is 0 Å². The molecule has 0 aromatic heterocycles. The van der Waals surface area contributed by atoms with Gasteiger partial charge in [-0.2, -0.15) is 0 Å². The lowest BCUT2D eigenvalue weighted by molar-refractivity contribution is -0.131. The summed E-state index contributed by atoms with van der Waals surface area (Å²) in [7, 11) is 0. The molecular weight excluding hydrogens is 264 g/mol. The molecule has 0 aliphatic carbocycles. The standard InChI is InChI=1S/C15H17F2NO2/c16-11-6-7-12(13(17)9-11)14(19)10-18-8-4-2-1-3-5-15(18)20/h6-7,9H,1-5,8,10H2. The Balaban J connectivity index is 2.07. The number of ketones is 1. The van der Waals surface area contributed by atoms with Crippen LogP contribution in [0.1, 0.15) is 42.5 Å². The molecule has 1 heterocycles. The molecule has 3 nitrogen and oxygen atoms in total. The molecule has 20 heavy (non-hydrogen) atoms. The van der Waals surface area contributed by atoms with Crippen LogP contribution in [0.5, 0.6) is 0 Å². The van der Waals surface area contributed by atoms with Crippen molar-refractivity contribution in [2.75, 3.05) is 13.1 Å². The summed E-state index contributed by atoms with van der Waals surface area (Å²) in [5.74, 6) is -2.16. The Morgan fingerprint density at radius 1 is 1.15 bits per heavy atom. The lowest BCUT2D eigenvalue weighted by Gasteiger charge is -2.24. The van der Waals surface area contributed by atoms with E-state index in [1.54, 1.807) is 0 Å². The van der Waals surface area contributed by atoms with E-state index >= 15 is 0 Å². The van der Waals surface area contributed by atoms with Crippen LogP contribution in [-0.4, -0.2) is 29.7 Å². The second-order valence-corrected chi connectivity index (χ2v) is 5.03. The summed E-state index contributed by atoms with van der Waals surface area (Å²) in [6, 6.07) is 2.86. The highest BCUT2D eigenvalue weighted by Gasteiger charge is 2.21. The van der Waals surface area contributed by atoms with Crippen LogP contribution in [0.4, 0.5) is 8.78 Å². The Morgan fingerprint density at radius 2 is 1.90 bits per heavy atom. The van der Waals surface area contributed by atoms with Crippen molar-refractivity contribution in [2.24, 2.45) is 0 Å². The number of carbonyl (C=O) groups is 2. The lowest BCUT2D eigenvalue weighted by atomic mass is 10.1. The number of benzene rings is 1. The SMILES string of the molecule is O=C(CN1CCCCCCC1=O)c1ccc(F)cc1F. The van der Waals surface area contributed by atoms with E-state index in [-0.39, 0.29) is 18.0 Å². The minimum absolute atomic E-state index is 0.0689. The fourth-order valence-corrected chi connectivity index (χ4v) is 2.36. The van der Waals surface area contributed by atoms with Gasteiger partial charge in [-0.1, -0.05) is 12.8 Å². The Hall–Kier alpha value is -1.78. The molecular formula is C15H17F2NO2. The average molecular weight is 281 g/mol. The Morgan fingerprint density at radius 3 is 2.65 bits per heavy atom. The van der Waals surface area contributed by atoms with Crippen LogP contribution in [0.15, 0.2) is 18.2 Å². The smallest absolute Gasteiger partial charge is 0.222 e. The van der Waals surface area contributed by atoms with Crippen LogP contribution < -0.4 is 0 Å². The minimum Gasteiger partial charge on any atom is -0.335 e. The fraction of sp³-hybridized carbons (Fsp3) is 0.467. The van der Waals surface area contributed by atoms with E-state index in [0.29, 0.717) is 19.0 Å². The van der Waals surface area contributed by atoms with Gasteiger partial charge in [-0.3, -0.25) is 9.59 Å². The van der Waals surface area contributed by atoms with Gasteiger partial charge in [0.2, 0.25) is 5.91 Å². The van der Waals surface area contributed by atoms with Crippen molar-refractivity contribution in [3.05, 3.63) is 35.4 Å². The van der Waals surface area contributed by atoms with Crippen molar-refractivity contribution < 1.29 is 18.4 Å². The molecule has 0 spiro atoms. The van der Waals surface area contributed by atoms with Crippen LogP contribution in [0.2, 0.25) is 0 Å². The van der Waals surface area contributed by atoms with E-state index in [4.69, 9.17) is 0 Å². The first-order valence-corrected chi connectivity index (χ1v) is 6.84. The van der Waals surface area contributed by atoms with Gasteiger partial charge in [-0.25, -0.2) is 8.78 Å². The second kappa shape index (κ2) is 6.59. The van der Waals surface area contributed by atoms with Crippen LogP contribution >= 0.6 is 0 Å². The average Bonchev–Trinajstić information content (AvgIpc) is 2.38. The number of nitrogens with zero attached hydrogens (tertiary/aromatic N) is 1. The maximum absolute atomic E-state index is 13.5. The predicted molar refractivity (Wildman–Crippen MR) is 70.4 cm³/mol. The van der Waals surface area contributed by atoms with E-state index in [1.165, 1.54) is 4.90 Å². The summed E-state index contributed by atoms with van der Waals surface area (Å²) >= 11 is 0. The van der Waals surface area contributed by atoms with Gasteiger partial charge in [0.05, 0.1) is 12.1 Å². The highest BCUT2D eigenvalue weighted by molar-refractivity contribution is 5.99. The third kappa shape index (κ3) is 3.62. The highest BCUT2D eigenvalue weighted by Crippen LogP contribution is 2.14. The van der Waals surface area contributed by atoms with Crippen molar-refractivity contribution in [3.63, 3.8) is 0 Å². The lowest BCUT2D eigenvalue weighted by Crippen LogP contribution is -2.37. The molecule has 2 rings (SSSR count). The fourth-order valence-electron chi connectivity index (χ4n) is 2.36. The first-order chi connectivity index (χ1) is 9.58. The zero-order chi connectivity index (χ0) is 14.5. The molecule has 1 aliphatic rings. The molecule has 5 heteroatoms. The highest BCUT2D eigenvalue weighted by atomic mass is 19.1. The van der Waals surface area contributed by atoms with Crippen molar-refractivity contribution in [1.29, 1.82) is 0 Å². The number of rotatable bonds is 3. The topological polar surface area (TPSA) is 37.4 Å². The van der Waals surface area contributed by atoms with Gasteiger partial charge in [0.25, 0.3) is 0 Å². The van der Waals surface area contributed by atoms with Gasteiger partial charge in [0.15, 0.2) is 5.78 Å². The minimum atomic E-state index is -0.880. The number of hydrogen-bond acceptors (Lipinski definition) is 2. The van der Waals surface area contributed by atoms with Gasteiger partial charge in [-0.15, -0.1) is 0 Å². The zero-order valence-electron chi connectivity index (χ0n) is 11.2. The van der Waals surface area contributed by atoms with Crippen molar-refractivity contribution in [1.82, 2.24) is 4.90 Å².